The second kappa shape index (κ2) is 8.35. The Hall–Kier alpha value is -1.54. The second-order valence-corrected chi connectivity index (χ2v) is 7.30. The van der Waals surface area contributed by atoms with Crippen LogP contribution in [0.2, 0.25) is 0 Å². The summed E-state index contributed by atoms with van der Waals surface area (Å²) in [6.07, 6.45) is 1.88. The third-order valence-electron chi connectivity index (χ3n) is 3.22. The quantitative estimate of drug-likeness (QED) is 0.701. The summed E-state index contributed by atoms with van der Waals surface area (Å²) >= 11 is 4.63. The van der Waals surface area contributed by atoms with E-state index in [1.165, 1.54) is 11.8 Å². The predicted octanol–water partition coefficient (Wildman–Crippen LogP) is 3.25. The summed E-state index contributed by atoms with van der Waals surface area (Å²) in [5.41, 5.74) is 0.498. The van der Waals surface area contributed by atoms with Gasteiger partial charge in [0.1, 0.15) is 0 Å². The number of benzene rings is 1. The molecule has 6 nitrogen and oxygen atoms in total. The minimum Gasteiger partial charge on any atom is -0.325 e. The van der Waals surface area contributed by atoms with Gasteiger partial charge in [-0.05, 0) is 37.6 Å². The molecule has 8 heteroatoms. The molecule has 0 bridgehead atoms. The number of anilines is 1. The van der Waals surface area contributed by atoms with Crippen LogP contribution in [0.3, 0.4) is 0 Å². The zero-order chi connectivity index (χ0) is 16.8. The summed E-state index contributed by atoms with van der Waals surface area (Å²) in [4.78, 5) is 24.0. The topological polar surface area (TPSA) is 79.8 Å². The fourth-order valence-corrected chi connectivity index (χ4v) is 3.04. The fraction of sp³-hybridized carbons (Fsp3) is 0.400. The van der Waals surface area contributed by atoms with Crippen molar-refractivity contribution in [3.05, 3.63) is 39.2 Å². The van der Waals surface area contributed by atoms with Crippen molar-refractivity contribution in [3.8, 4) is 0 Å². The lowest BCUT2D eigenvalue weighted by atomic mass is 10.3. The summed E-state index contributed by atoms with van der Waals surface area (Å²) in [6.45, 7) is 4.46. The van der Waals surface area contributed by atoms with Crippen molar-refractivity contribution in [2.75, 3.05) is 5.32 Å². The van der Waals surface area contributed by atoms with E-state index in [1.54, 1.807) is 11.5 Å². The Labute approximate surface area is 147 Å². The molecule has 0 aliphatic heterocycles. The van der Waals surface area contributed by atoms with Gasteiger partial charge < -0.3 is 5.32 Å². The van der Waals surface area contributed by atoms with E-state index in [2.05, 4.69) is 38.4 Å². The zero-order valence-electron chi connectivity index (χ0n) is 13.0. The van der Waals surface area contributed by atoms with Crippen molar-refractivity contribution < 1.29 is 4.79 Å². The summed E-state index contributed by atoms with van der Waals surface area (Å²) < 4.78 is 2.53. The molecule has 0 saturated heterocycles. The number of unbranched alkanes of at least 4 members (excludes halogenated alkanes) is 1. The first-order chi connectivity index (χ1) is 11.0. The van der Waals surface area contributed by atoms with Crippen molar-refractivity contribution in [1.29, 1.82) is 0 Å². The van der Waals surface area contributed by atoms with E-state index in [0.29, 0.717) is 11.7 Å². The van der Waals surface area contributed by atoms with Gasteiger partial charge in [-0.15, -0.1) is 5.10 Å². The molecule has 124 valence electrons. The SMILES string of the molecule is CCCCn1c(SC(C)C(=O)Nc2ccc(Br)cc2)n[nH]c1=O. The Morgan fingerprint density at radius 3 is 2.78 bits per heavy atom. The van der Waals surface area contributed by atoms with Crippen molar-refractivity contribution in [2.45, 2.75) is 43.6 Å². The standard InChI is InChI=1S/C15H19BrN4O2S/c1-3-4-9-20-14(22)18-19-15(20)23-10(2)13(21)17-12-7-5-11(16)6-8-12/h5-8,10H,3-4,9H2,1-2H3,(H,17,21)(H,18,22). The lowest BCUT2D eigenvalue weighted by molar-refractivity contribution is -0.115. The van der Waals surface area contributed by atoms with Crippen LogP contribution in [-0.4, -0.2) is 25.9 Å². The number of aromatic amines is 1. The van der Waals surface area contributed by atoms with Crippen LogP contribution in [0.15, 0.2) is 38.7 Å². The van der Waals surface area contributed by atoms with Gasteiger partial charge in [0.15, 0.2) is 5.16 Å². The molecule has 0 spiro atoms. The first kappa shape index (κ1) is 17.8. The summed E-state index contributed by atoms with van der Waals surface area (Å²) in [5, 5.41) is 9.49. The van der Waals surface area contributed by atoms with Crippen molar-refractivity contribution in [2.24, 2.45) is 0 Å². The van der Waals surface area contributed by atoms with Gasteiger partial charge in [-0.25, -0.2) is 9.89 Å². The third kappa shape index (κ3) is 4.97. The number of hydrogen-bond acceptors (Lipinski definition) is 4. The maximum Gasteiger partial charge on any atom is 0.343 e. The average molecular weight is 399 g/mol. The number of amides is 1. The molecule has 2 N–H and O–H groups in total. The van der Waals surface area contributed by atoms with Crippen LogP contribution in [0.25, 0.3) is 0 Å². The number of nitrogens with one attached hydrogen (secondary N) is 2. The van der Waals surface area contributed by atoms with E-state index < -0.39 is 0 Å². The Bertz CT molecular complexity index is 711. The highest BCUT2D eigenvalue weighted by molar-refractivity contribution is 9.10. The molecule has 0 radical (unpaired) electrons. The molecule has 0 saturated carbocycles. The van der Waals surface area contributed by atoms with E-state index in [0.717, 1.165) is 23.0 Å². The Morgan fingerprint density at radius 1 is 1.43 bits per heavy atom. The highest BCUT2D eigenvalue weighted by Crippen LogP contribution is 2.22. The number of aromatic nitrogens is 3. The highest BCUT2D eigenvalue weighted by Gasteiger charge is 2.19. The lowest BCUT2D eigenvalue weighted by Gasteiger charge is -2.12. The van der Waals surface area contributed by atoms with Gasteiger partial charge in [-0.2, -0.15) is 0 Å². The van der Waals surface area contributed by atoms with Crippen LogP contribution < -0.4 is 11.0 Å². The van der Waals surface area contributed by atoms with Gasteiger partial charge in [-0.1, -0.05) is 41.0 Å². The average Bonchev–Trinajstić information content (AvgIpc) is 2.87. The van der Waals surface area contributed by atoms with Gasteiger partial charge in [0.25, 0.3) is 0 Å². The molecule has 1 amide bonds. The van der Waals surface area contributed by atoms with E-state index in [9.17, 15) is 9.59 Å². The molecule has 0 aliphatic rings. The smallest absolute Gasteiger partial charge is 0.325 e. The molecular weight excluding hydrogens is 380 g/mol. The molecule has 0 aliphatic carbocycles. The molecule has 2 aromatic rings. The van der Waals surface area contributed by atoms with Crippen LogP contribution in [0, 0.1) is 0 Å². The predicted molar refractivity (Wildman–Crippen MR) is 95.8 cm³/mol. The van der Waals surface area contributed by atoms with Gasteiger partial charge in [0, 0.05) is 16.7 Å². The van der Waals surface area contributed by atoms with Gasteiger partial charge in [0.2, 0.25) is 5.91 Å². The number of nitrogens with zero attached hydrogens (tertiary/aromatic N) is 2. The van der Waals surface area contributed by atoms with Gasteiger partial charge in [0.05, 0.1) is 5.25 Å². The number of thioether (sulfide) groups is 1. The van der Waals surface area contributed by atoms with Crippen LogP contribution >= 0.6 is 27.7 Å². The van der Waals surface area contributed by atoms with E-state index in [1.807, 2.05) is 24.3 Å². The number of rotatable bonds is 7. The fourth-order valence-electron chi connectivity index (χ4n) is 1.90. The van der Waals surface area contributed by atoms with Crippen molar-refractivity contribution >= 4 is 39.3 Å². The summed E-state index contributed by atoms with van der Waals surface area (Å²) in [5.74, 6) is -0.130. The summed E-state index contributed by atoms with van der Waals surface area (Å²) in [7, 11) is 0. The van der Waals surface area contributed by atoms with Crippen LogP contribution in [0.4, 0.5) is 5.69 Å². The number of H-pyrrole nitrogens is 1. The molecule has 1 aromatic heterocycles. The molecule has 0 fully saturated rings. The molecular formula is C15H19BrN4O2S. The number of halogens is 1. The van der Waals surface area contributed by atoms with Crippen LogP contribution in [0.1, 0.15) is 26.7 Å². The number of carbonyl (C=O) groups is 1. The van der Waals surface area contributed by atoms with E-state index >= 15 is 0 Å². The Kier molecular flexibility index (Phi) is 6.47. The first-order valence-electron chi connectivity index (χ1n) is 7.39. The largest absolute Gasteiger partial charge is 0.343 e. The maximum atomic E-state index is 12.3. The molecule has 1 unspecified atom stereocenters. The molecule has 23 heavy (non-hydrogen) atoms. The second-order valence-electron chi connectivity index (χ2n) is 5.07. The summed E-state index contributed by atoms with van der Waals surface area (Å²) in [6, 6.07) is 7.38. The van der Waals surface area contributed by atoms with Crippen LogP contribution in [0.5, 0.6) is 0 Å². The molecule has 1 aromatic carbocycles. The van der Waals surface area contributed by atoms with Gasteiger partial charge in [-0.3, -0.25) is 9.36 Å². The number of carbonyl (C=O) groups excluding carboxylic acids is 1. The highest BCUT2D eigenvalue weighted by atomic mass is 79.9. The van der Waals surface area contributed by atoms with Gasteiger partial charge >= 0.3 is 5.69 Å². The van der Waals surface area contributed by atoms with E-state index in [-0.39, 0.29) is 16.8 Å². The Balaban J connectivity index is 2.01. The maximum absolute atomic E-state index is 12.3. The lowest BCUT2D eigenvalue weighted by Crippen LogP contribution is -2.24. The monoisotopic (exact) mass is 398 g/mol. The Morgan fingerprint density at radius 2 is 2.13 bits per heavy atom. The first-order valence-corrected chi connectivity index (χ1v) is 9.06. The minimum atomic E-state index is -0.366. The minimum absolute atomic E-state index is 0.130. The van der Waals surface area contributed by atoms with Crippen molar-refractivity contribution in [3.63, 3.8) is 0 Å². The molecule has 1 atom stereocenters. The molecule has 1 heterocycles. The van der Waals surface area contributed by atoms with Crippen molar-refractivity contribution in [1.82, 2.24) is 14.8 Å². The third-order valence-corrected chi connectivity index (χ3v) is 4.84. The number of hydrogen-bond donors (Lipinski definition) is 2. The zero-order valence-corrected chi connectivity index (χ0v) is 15.4. The normalized spacial score (nSPS) is 12.1. The molecule has 2 rings (SSSR count). The van der Waals surface area contributed by atoms with E-state index in [4.69, 9.17) is 0 Å². The van der Waals surface area contributed by atoms with Crippen LogP contribution in [-0.2, 0) is 11.3 Å².